The number of fused-ring (bicyclic) bond motifs is 1. The van der Waals surface area contributed by atoms with Gasteiger partial charge in [0, 0.05) is 25.5 Å². The Kier molecular flexibility index (Phi) is 4.18. The van der Waals surface area contributed by atoms with Crippen molar-refractivity contribution in [3.8, 4) is 0 Å². The van der Waals surface area contributed by atoms with Gasteiger partial charge in [-0.25, -0.2) is 14.8 Å². The van der Waals surface area contributed by atoms with Gasteiger partial charge in [-0.2, -0.15) is 0 Å². The number of rotatable bonds is 3. The van der Waals surface area contributed by atoms with Crippen LogP contribution in [-0.4, -0.2) is 39.9 Å². The molecule has 0 saturated carbocycles. The maximum absolute atomic E-state index is 12.2. The standard InChI is InChI=1S/C16H16N4O3/c17-15-14(18-6-7-19-15)16(22)23-10-13(21)20-8-5-11-3-1-2-4-12(11)9-20/h1-4,6-7H,5,8-10H2,(H2,17,19). The molecule has 0 bridgehead atoms. The van der Waals surface area contributed by atoms with Crippen molar-refractivity contribution in [2.24, 2.45) is 0 Å². The van der Waals surface area contributed by atoms with Crippen LogP contribution in [0, 0.1) is 0 Å². The van der Waals surface area contributed by atoms with Gasteiger partial charge < -0.3 is 15.4 Å². The monoisotopic (exact) mass is 312 g/mol. The van der Waals surface area contributed by atoms with Crippen molar-refractivity contribution in [2.75, 3.05) is 18.9 Å². The predicted octanol–water partition coefficient (Wildman–Crippen LogP) is 0.800. The van der Waals surface area contributed by atoms with E-state index in [4.69, 9.17) is 10.5 Å². The first-order valence-electron chi connectivity index (χ1n) is 7.23. The van der Waals surface area contributed by atoms with E-state index in [9.17, 15) is 9.59 Å². The van der Waals surface area contributed by atoms with Gasteiger partial charge in [-0.05, 0) is 17.5 Å². The Hall–Kier alpha value is -2.96. The highest BCUT2D eigenvalue weighted by atomic mass is 16.5. The van der Waals surface area contributed by atoms with Crippen molar-refractivity contribution in [2.45, 2.75) is 13.0 Å². The lowest BCUT2D eigenvalue weighted by Crippen LogP contribution is -2.38. The molecule has 7 heteroatoms. The maximum atomic E-state index is 12.2. The molecule has 0 aliphatic carbocycles. The molecular weight excluding hydrogens is 296 g/mol. The summed E-state index contributed by atoms with van der Waals surface area (Å²) in [5.74, 6) is -1.01. The van der Waals surface area contributed by atoms with E-state index in [2.05, 4.69) is 16.0 Å². The Morgan fingerprint density at radius 2 is 1.91 bits per heavy atom. The third-order valence-corrected chi connectivity index (χ3v) is 3.73. The van der Waals surface area contributed by atoms with Gasteiger partial charge in [0.15, 0.2) is 18.1 Å². The fourth-order valence-electron chi connectivity index (χ4n) is 2.50. The molecule has 7 nitrogen and oxygen atoms in total. The molecule has 1 aliphatic heterocycles. The highest BCUT2D eigenvalue weighted by Gasteiger charge is 2.22. The third kappa shape index (κ3) is 3.28. The molecule has 2 heterocycles. The topological polar surface area (TPSA) is 98.4 Å². The Labute approximate surface area is 133 Å². The summed E-state index contributed by atoms with van der Waals surface area (Å²) < 4.78 is 5.00. The number of ether oxygens (including phenoxy) is 1. The SMILES string of the molecule is Nc1nccnc1C(=O)OCC(=O)N1CCc2ccccc2C1. The second kappa shape index (κ2) is 6.43. The van der Waals surface area contributed by atoms with Crippen LogP contribution in [0.5, 0.6) is 0 Å². The maximum Gasteiger partial charge on any atom is 0.361 e. The van der Waals surface area contributed by atoms with Gasteiger partial charge in [-0.3, -0.25) is 4.79 Å². The van der Waals surface area contributed by atoms with E-state index in [0.717, 1.165) is 12.0 Å². The van der Waals surface area contributed by atoms with Gasteiger partial charge in [-0.1, -0.05) is 24.3 Å². The average Bonchev–Trinajstić information content (AvgIpc) is 2.59. The van der Waals surface area contributed by atoms with Gasteiger partial charge in [0.25, 0.3) is 5.91 Å². The minimum absolute atomic E-state index is 0.0168. The van der Waals surface area contributed by atoms with Crippen molar-refractivity contribution in [3.63, 3.8) is 0 Å². The highest BCUT2D eigenvalue weighted by Crippen LogP contribution is 2.18. The number of hydrogen-bond acceptors (Lipinski definition) is 6. The van der Waals surface area contributed by atoms with Gasteiger partial charge in [0.05, 0.1) is 0 Å². The number of aromatic nitrogens is 2. The molecule has 23 heavy (non-hydrogen) atoms. The summed E-state index contributed by atoms with van der Waals surface area (Å²) in [6.07, 6.45) is 3.52. The van der Waals surface area contributed by atoms with Crippen molar-refractivity contribution in [3.05, 3.63) is 53.5 Å². The van der Waals surface area contributed by atoms with Crippen LogP contribution < -0.4 is 5.73 Å². The lowest BCUT2D eigenvalue weighted by Gasteiger charge is -2.28. The molecular formula is C16H16N4O3. The lowest BCUT2D eigenvalue weighted by atomic mass is 10.00. The molecule has 0 atom stereocenters. The summed E-state index contributed by atoms with van der Waals surface area (Å²) >= 11 is 0. The average molecular weight is 312 g/mol. The normalized spacial score (nSPS) is 13.3. The van der Waals surface area contributed by atoms with Gasteiger partial charge in [0.2, 0.25) is 0 Å². The highest BCUT2D eigenvalue weighted by molar-refractivity contribution is 5.93. The first-order valence-corrected chi connectivity index (χ1v) is 7.23. The first kappa shape index (κ1) is 15.0. The molecule has 0 unspecified atom stereocenters. The van der Waals surface area contributed by atoms with Crippen molar-refractivity contribution < 1.29 is 14.3 Å². The molecule has 118 valence electrons. The number of carbonyl (C=O) groups excluding carboxylic acids is 2. The zero-order chi connectivity index (χ0) is 16.2. The van der Waals surface area contributed by atoms with E-state index in [-0.39, 0.29) is 24.0 Å². The summed E-state index contributed by atoms with van der Waals surface area (Å²) in [6.45, 7) is 0.803. The fourth-order valence-corrected chi connectivity index (χ4v) is 2.50. The van der Waals surface area contributed by atoms with Crippen LogP contribution in [0.2, 0.25) is 0 Å². The van der Waals surface area contributed by atoms with Crippen molar-refractivity contribution >= 4 is 17.7 Å². The third-order valence-electron chi connectivity index (χ3n) is 3.73. The first-order chi connectivity index (χ1) is 11.1. The van der Waals surface area contributed by atoms with Gasteiger partial charge in [-0.15, -0.1) is 0 Å². The quantitative estimate of drug-likeness (QED) is 0.842. The summed E-state index contributed by atoms with van der Waals surface area (Å²) in [6, 6.07) is 8.00. The molecule has 3 rings (SSSR count). The molecule has 0 fully saturated rings. The Morgan fingerprint density at radius 3 is 2.70 bits per heavy atom. The van der Waals surface area contributed by atoms with Crippen LogP contribution in [0.3, 0.4) is 0 Å². The number of nitrogen functional groups attached to an aromatic ring is 1. The van der Waals surface area contributed by atoms with Gasteiger partial charge >= 0.3 is 5.97 Å². The molecule has 0 spiro atoms. The Bertz CT molecular complexity index is 748. The summed E-state index contributed by atoms with van der Waals surface area (Å²) in [5, 5.41) is 0. The van der Waals surface area contributed by atoms with Crippen molar-refractivity contribution in [1.29, 1.82) is 0 Å². The Balaban J connectivity index is 1.58. The molecule has 1 amide bonds. The number of esters is 1. The summed E-state index contributed by atoms with van der Waals surface area (Å²) in [4.78, 5) is 33.3. The van der Waals surface area contributed by atoms with Crippen LogP contribution in [0.25, 0.3) is 0 Å². The van der Waals surface area contributed by atoms with Crippen LogP contribution in [0.15, 0.2) is 36.7 Å². The van der Waals surface area contributed by atoms with E-state index >= 15 is 0 Å². The molecule has 1 aromatic heterocycles. The molecule has 2 aromatic rings. The van der Waals surface area contributed by atoms with Crippen LogP contribution in [0.4, 0.5) is 5.82 Å². The predicted molar refractivity (Wildman–Crippen MR) is 82.3 cm³/mol. The lowest BCUT2D eigenvalue weighted by molar-refractivity contribution is -0.135. The van der Waals surface area contributed by atoms with Crippen LogP contribution in [0.1, 0.15) is 21.6 Å². The smallest absolute Gasteiger partial charge is 0.361 e. The number of nitrogens with two attached hydrogens (primary N) is 1. The van der Waals surface area contributed by atoms with E-state index in [1.807, 2.05) is 18.2 Å². The molecule has 2 N–H and O–H groups in total. The zero-order valence-electron chi connectivity index (χ0n) is 12.4. The van der Waals surface area contributed by atoms with E-state index in [1.165, 1.54) is 18.0 Å². The number of anilines is 1. The fraction of sp³-hybridized carbons (Fsp3) is 0.250. The Morgan fingerprint density at radius 1 is 1.17 bits per heavy atom. The minimum atomic E-state index is -0.749. The molecule has 0 radical (unpaired) electrons. The summed E-state index contributed by atoms with van der Waals surface area (Å²) in [5.41, 5.74) is 7.85. The number of benzene rings is 1. The van der Waals surface area contributed by atoms with E-state index < -0.39 is 5.97 Å². The molecule has 1 aliphatic rings. The summed E-state index contributed by atoms with van der Waals surface area (Å²) in [7, 11) is 0. The number of hydrogen-bond donors (Lipinski definition) is 1. The van der Waals surface area contributed by atoms with Crippen LogP contribution >= 0.6 is 0 Å². The minimum Gasteiger partial charge on any atom is -0.451 e. The van der Waals surface area contributed by atoms with Crippen LogP contribution in [-0.2, 0) is 22.5 Å². The molecule has 0 saturated heterocycles. The van der Waals surface area contributed by atoms with E-state index in [1.54, 1.807) is 4.90 Å². The number of nitrogens with zero attached hydrogens (tertiary/aromatic N) is 3. The van der Waals surface area contributed by atoms with Gasteiger partial charge in [0.1, 0.15) is 0 Å². The van der Waals surface area contributed by atoms with Crippen molar-refractivity contribution in [1.82, 2.24) is 14.9 Å². The number of amides is 1. The largest absolute Gasteiger partial charge is 0.451 e. The van der Waals surface area contributed by atoms with E-state index in [0.29, 0.717) is 13.1 Å². The molecule has 1 aromatic carbocycles. The second-order valence-corrected chi connectivity index (χ2v) is 5.20. The second-order valence-electron chi connectivity index (χ2n) is 5.20. The number of carbonyl (C=O) groups is 2. The zero-order valence-corrected chi connectivity index (χ0v) is 12.4.